The summed E-state index contributed by atoms with van der Waals surface area (Å²) in [4.78, 5) is 8.97. The van der Waals surface area contributed by atoms with Gasteiger partial charge in [0.05, 0.1) is 30.2 Å². The Bertz CT molecular complexity index is 1350. The Morgan fingerprint density at radius 1 is 1.21 bits per heavy atom. The van der Waals surface area contributed by atoms with Crippen LogP contribution in [-0.2, 0) is 12.0 Å². The number of fused-ring (bicyclic) bond motifs is 2. The highest BCUT2D eigenvalue weighted by molar-refractivity contribution is 5.69. The van der Waals surface area contributed by atoms with Gasteiger partial charge in [0.15, 0.2) is 5.82 Å². The number of aryl methyl sites for hydroxylation is 2. The van der Waals surface area contributed by atoms with E-state index in [0.29, 0.717) is 29.2 Å². The highest BCUT2D eigenvalue weighted by Crippen LogP contribution is 2.39. The number of nitrogens with zero attached hydrogens (tertiary/aromatic N) is 5. The molecule has 2 aliphatic rings. The third kappa shape index (κ3) is 4.11. The van der Waals surface area contributed by atoms with Crippen LogP contribution >= 0.6 is 0 Å². The second-order valence-electron chi connectivity index (χ2n) is 8.59. The van der Waals surface area contributed by atoms with Crippen LogP contribution < -0.4 is 4.74 Å². The van der Waals surface area contributed by atoms with E-state index in [1.807, 2.05) is 30.0 Å². The second kappa shape index (κ2) is 8.85. The number of rotatable bonds is 4. The molecule has 0 bridgehead atoms. The lowest BCUT2D eigenvalue weighted by Gasteiger charge is -2.33. The zero-order valence-electron chi connectivity index (χ0n) is 19.1. The molecule has 0 saturated carbocycles. The summed E-state index contributed by atoms with van der Waals surface area (Å²) < 4.78 is 37.7. The third-order valence-corrected chi connectivity index (χ3v) is 6.26. The molecular weight excluding hydrogens is 436 g/mol. The Balaban J connectivity index is 1.46. The molecule has 1 unspecified atom stereocenters. The first-order chi connectivity index (χ1) is 16.5. The monoisotopic (exact) mass is 461 g/mol. The highest BCUT2D eigenvalue weighted by atomic mass is 19.1. The maximum absolute atomic E-state index is 14.9. The maximum Gasteiger partial charge on any atom is 0.174 e. The van der Waals surface area contributed by atoms with Crippen LogP contribution in [0, 0.1) is 12.7 Å². The van der Waals surface area contributed by atoms with E-state index in [4.69, 9.17) is 9.72 Å². The van der Waals surface area contributed by atoms with Crippen molar-refractivity contribution in [1.29, 1.82) is 0 Å². The molecule has 1 atom stereocenters. The Morgan fingerprint density at radius 3 is 2.88 bits per heavy atom. The molecule has 6 nitrogen and oxygen atoms in total. The second-order valence-corrected chi connectivity index (χ2v) is 8.59. The Morgan fingerprint density at radius 2 is 2.09 bits per heavy atom. The van der Waals surface area contributed by atoms with Gasteiger partial charge in [-0.15, -0.1) is 0 Å². The quantitative estimate of drug-likeness (QED) is 0.516. The lowest BCUT2D eigenvalue weighted by Crippen LogP contribution is -2.32. The molecule has 8 heteroatoms. The van der Waals surface area contributed by atoms with Crippen LogP contribution in [0.2, 0.25) is 0 Å². The standard InChI is InChI=1S/C26H25F2N5O/c1-18-16-32(17-29-18)22-15-21(28)19(14-23(22)34-2)8-9-24-30-25-26(12-5-13-33(25)31-24)10-3-6-20(27)7-4-11-26/h3-4,6-10,14-17H,5,11-13H2,1-2H3/b7-4-,9-8+,10-3+,20-6+. The van der Waals surface area contributed by atoms with E-state index in [-0.39, 0.29) is 17.1 Å². The highest BCUT2D eigenvalue weighted by Gasteiger charge is 2.37. The van der Waals surface area contributed by atoms with Crippen LogP contribution in [0.4, 0.5) is 8.78 Å². The van der Waals surface area contributed by atoms with Crippen molar-refractivity contribution in [2.24, 2.45) is 0 Å². The zero-order chi connectivity index (χ0) is 23.7. The average Bonchev–Trinajstić information content (AvgIpc) is 3.43. The number of hydrogen-bond donors (Lipinski definition) is 0. The topological polar surface area (TPSA) is 57.8 Å². The van der Waals surface area contributed by atoms with Crippen LogP contribution in [0.15, 0.2) is 60.9 Å². The molecule has 0 radical (unpaired) electrons. The van der Waals surface area contributed by atoms with E-state index in [0.717, 1.165) is 30.9 Å². The van der Waals surface area contributed by atoms with Crippen LogP contribution in [0.5, 0.6) is 5.75 Å². The van der Waals surface area contributed by atoms with Crippen LogP contribution in [0.25, 0.3) is 17.8 Å². The summed E-state index contributed by atoms with van der Waals surface area (Å²) in [5, 5.41) is 4.63. The fourth-order valence-corrected chi connectivity index (χ4v) is 4.56. The van der Waals surface area contributed by atoms with E-state index in [2.05, 4.69) is 10.1 Å². The number of halogens is 2. The molecule has 0 fully saturated rings. The zero-order valence-corrected chi connectivity index (χ0v) is 19.1. The fraction of sp³-hybridized carbons (Fsp3) is 0.269. The van der Waals surface area contributed by atoms with Gasteiger partial charge in [0.2, 0.25) is 0 Å². The minimum absolute atomic E-state index is 0.265. The summed E-state index contributed by atoms with van der Waals surface area (Å²) in [7, 11) is 1.55. The first kappa shape index (κ1) is 22.0. The van der Waals surface area contributed by atoms with Crippen molar-refractivity contribution in [3.05, 3.63) is 89.6 Å². The molecular formula is C26H25F2N5O. The lowest BCUT2D eigenvalue weighted by molar-refractivity contribution is 0.345. The smallest absolute Gasteiger partial charge is 0.174 e. The minimum Gasteiger partial charge on any atom is -0.495 e. The van der Waals surface area contributed by atoms with Crippen molar-refractivity contribution in [2.45, 2.75) is 38.1 Å². The number of methoxy groups -OCH3 is 1. The molecule has 3 aromatic rings. The molecule has 0 N–H and O–H groups in total. The van der Waals surface area contributed by atoms with Gasteiger partial charge in [-0.3, -0.25) is 0 Å². The molecule has 3 heterocycles. The van der Waals surface area contributed by atoms with Gasteiger partial charge in [0.25, 0.3) is 0 Å². The number of ether oxygens (including phenoxy) is 1. The molecule has 2 aromatic heterocycles. The van der Waals surface area contributed by atoms with Gasteiger partial charge in [-0.1, -0.05) is 18.2 Å². The summed E-state index contributed by atoms with van der Waals surface area (Å²) in [6.45, 7) is 2.64. The van der Waals surface area contributed by atoms with Crippen molar-refractivity contribution in [1.82, 2.24) is 24.3 Å². The molecule has 0 saturated heterocycles. The molecule has 1 aromatic carbocycles. The first-order valence-electron chi connectivity index (χ1n) is 11.2. The van der Waals surface area contributed by atoms with E-state index in [1.165, 1.54) is 18.2 Å². The van der Waals surface area contributed by atoms with Crippen molar-refractivity contribution in [2.75, 3.05) is 7.11 Å². The van der Waals surface area contributed by atoms with Crippen LogP contribution in [0.1, 0.15) is 42.2 Å². The molecule has 1 aliphatic heterocycles. The van der Waals surface area contributed by atoms with Crippen molar-refractivity contribution in [3.63, 3.8) is 0 Å². The fourth-order valence-electron chi connectivity index (χ4n) is 4.56. The number of aromatic nitrogens is 5. The van der Waals surface area contributed by atoms with Crippen LogP contribution in [-0.4, -0.2) is 31.4 Å². The Hall–Kier alpha value is -3.81. The molecule has 34 heavy (non-hydrogen) atoms. The summed E-state index contributed by atoms with van der Waals surface area (Å²) in [5.74, 6) is 1.23. The number of allylic oxidation sites excluding steroid dienone is 6. The SMILES string of the molecule is COc1cc(/C=C/c2nc3n(n2)CCCC32/C=C/C=C(F)\C=C/C2)c(F)cc1-n1cnc(C)c1. The number of benzene rings is 1. The Labute approximate surface area is 196 Å². The van der Waals surface area contributed by atoms with Gasteiger partial charge >= 0.3 is 0 Å². The average molecular weight is 462 g/mol. The van der Waals surface area contributed by atoms with Gasteiger partial charge < -0.3 is 9.30 Å². The van der Waals surface area contributed by atoms with E-state index in [9.17, 15) is 8.78 Å². The number of imidazole rings is 1. The summed E-state index contributed by atoms with van der Waals surface area (Å²) in [6, 6.07) is 3.08. The van der Waals surface area contributed by atoms with Crippen molar-refractivity contribution >= 4 is 12.2 Å². The number of hydrogen-bond acceptors (Lipinski definition) is 4. The minimum atomic E-state index is -0.388. The molecule has 1 spiro atoms. The summed E-state index contributed by atoms with van der Waals surface area (Å²) in [5.41, 5.74) is 1.44. The summed E-state index contributed by atoms with van der Waals surface area (Å²) >= 11 is 0. The first-order valence-corrected chi connectivity index (χ1v) is 11.2. The normalized spacial score (nSPS) is 23.2. The molecule has 1 aliphatic carbocycles. The Kier molecular flexibility index (Phi) is 5.73. The van der Waals surface area contributed by atoms with Gasteiger partial charge in [-0.05, 0) is 56.6 Å². The van der Waals surface area contributed by atoms with Gasteiger partial charge in [0.1, 0.15) is 23.2 Å². The van der Waals surface area contributed by atoms with E-state index >= 15 is 0 Å². The van der Waals surface area contributed by atoms with Crippen molar-refractivity contribution in [3.8, 4) is 11.4 Å². The molecule has 174 valence electrons. The van der Waals surface area contributed by atoms with E-state index in [1.54, 1.807) is 42.3 Å². The predicted molar refractivity (Wildman–Crippen MR) is 127 cm³/mol. The predicted octanol–water partition coefficient (Wildman–Crippen LogP) is 5.49. The lowest BCUT2D eigenvalue weighted by atomic mass is 9.76. The maximum atomic E-state index is 14.9. The summed E-state index contributed by atoms with van der Waals surface area (Å²) in [6.07, 6.45) is 17.9. The molecule has 5 rings (SSSR count). The third-order valence-electron chi connectivity index (χ3n) is 6.26. The largest absolute Gasteiger partial charge is 0.495 e. The van der Waals surface area contributed by atoms with Crippen molar-refractivity contribution < 1.29 is 13.5 Å². The van der Waals surface area contributed by atoms with E-state index < -0.39 is 0 Å². The van der Waals surface area contributed by atoms with Gasteiger partial charge in [-0.25, -0.2) is 23.4 Å². The van der Waals surface area contributed by atoms with Gasteiger partial charge in [-0.2, -0.15) is 5.10 Å². The molecule has 0 amide bonds. The van der Waals surface area contributed by atoms with Gasteiger partial charge in [0, 0.05) is 24.4 Å². The van der Waals surface area contributed by atoms with Crippen LogP contribution in [0.3, 0.4) is 0 Å².